The van der Waals surface area contributed by atoms with Crippen LogP contribution in [0.25, 0.3) is 0 Å². The number of esters is 1. The van der Waals surface area contributed by atoms with E-state index in [0.717, 1.165) is 0 Å². The van der Waals surface area contributed by atoms with Gasteiger partial charge in [-0.25, -0.2) is 4.79 Å². The predicted octanol–water partition coefficient (Wildman–Crippen LogP) is 2.16. The molecule has 0 aromatic rings. The molecule has 0 bridgehead atoms. The summed E-state index contributed by atoms with van der Waals surface area (Å²) in [5, 5.41) is 0. The van der Waals surface area contributed by atoms with Gasteiger partial charge in [0.2, 0.25) is 0 Å². The first-order valence-electron chi connectivity index (χ1n) is 2.28. The SMILES string of the molecule is C=C(C)OC(=O)C(F)(Cl)Cl. The van der Waals surface area contributed by atoms with Crippen LogP contribution >= 0.6 is 23.2 Å². The summed E-state index contributed by atoms with van der Waals surface area (Å²) in [5.41, 5.74) is 0. The Morgan fingerprint density at radius 3 is 2.20 bits per heavy atom. The van der Waals surface area contributed by atoms with E-state index in [1.54, 1.807) is 0 Å². The first kappa shape index (κ1) is 9.72. The lowest BCUT2D eigenvalue weighted by molar-refractivity contribution is -0.143. The van der Waals surface area contributed by atoms with Crippen LogP contribution in [0.1, 0.15) is 6.92 Å². The maximum absolute atomic E-state index is 12.2. The van der Waals surface area contributed by atoms with Gasteiger partial charge in [-0.2, -0.15) is 4.39 Å². The van der Waals surface area contributed by atoms with Gasteiger partial charge in [0, 0.05) is 0 Å². The van der Waals surface area contributed by atoms with Crippen LogP contribution in [0.15, 0.2) is 12.3 Å². The molecule has 0 aliphatic carbocycles. The average Bonchev–Trinajstić information content (AvgIpc) is 1.60. The molecule has 58 valence electrons. The molecular formula is C5H5Cl2FO2. The molecule has 0 atom stereocenters. The number of ether oxygens (including phenoxy) is 1. The van der Waals surface area contributed by atoms with Crippen molar-refractivity contribution in [3.8, 4) is 0 Å². The standard InChI is InChI=1S/C5H5Cl2FO2/c1-3(2)10-4(9)5(6,7)8/h1H2,2H3. The molecule has 0 saturated heterocycles. The number of hydrogen-bond donors (Lipinski definition) is 0. The Labute approximate surface area is 67.6 Å². The first-order valence-corrected chi connectivity index (χ1v) is 3.04. The van der Waals surface area contributed by atoms with Gasteiger partial charge < -0.3 is 4.74 Å². The van der Waals surface area contributed by atoms with Crippen LogP contribution in [-0.2, 0) is 9.53 Å². The van der Waals surface area contributed by atoms with Crippen molar-refractivity contribution in [1.29, 1.82) is 0 Å². The molecule has 0 N–H and O–H groups in total. The fraction of sp³-hybridized carbons (Fsp3) is 0.400. The highest BCUT2D eigenvalue weighted by molar-refractivity contribution is 6.56. The summed E-state index contributed by atoms with van der Waals surface area (Å²) in [6.07, 6.45) is 0. The summed E-state index contributed by atoms with van der Waals surface area (Å²) >= 11 is 9.42. The van der Waals surface area contributed by atoms with Crippen LogP contribution in [-0.4, -0.2) is 10.6 Å². The minimum absolute atomic E-state index is 0.0355. The smallest absolute Gasteiger partial charge is 0.381 e. The molecular weight excluding hydrogens is 182 g/mol. The number of hydrogen-bond acceptors (Lipinski definition) is 2. The number of carbonyl (C=O) groups is 1. The third-order valence-electron chi connectivity index (χ3n) is 0.498. The molecule has 0 aliphatic heterocycles. The molecule has 0 aromatic carbocycles. The molecule has 0 rings (SSSR count). The van der Waals surface area contributed by atoms with Crippen molar-refractivity contribution in [1.82, 2.24) is 0 Å². The van der Waals surface area contributed by atoms with Gasteiger partial charge in [-0.05, 0) is 6.92 Å². The molecule has 0 aromatic heterocycles. The molecule has 0 amide bonds. The van der Waals surface area contributed by atoms with E-state index >= 15 is 0 Å². The van der Waals surface area contributed by atoms with Gasteiger partial charge in [0.15, 0.2) is 0 Å². The fourth-order valence-corrected chi connectivity index (χ4v) is 0.293. The third kappa shape index (κ3) is 3.69. The second-order valence-electron chi connectivity index (χ2n) is 1.59. The second kappa shape index (κ2) is 3.21. The van der Waals surface area contributed by atoms with Gasteiger partial charge >= 0.3 is 10.6 Å². The molecule has 0 fully saturated rings. The minimum Gasteiger partial charge on any atom is -0.428 e. The van der Waals surface area contributed by atoms with Crippen molar-refractivity contribution in [2.45, 2.75) is 11.5 Å². The molecule has 0 aliphatic rings. The molecule has 0 unspecified atom stereocenters. The Kier molecular flexibility index (Phi) is 3.12. The number of halogens is 3. The second-order valence-corrected chi connectivity index (χ2v) is 2.82. The molecule has 0 heterocycles. The molecule has 0 radical (unpaired) electrons. The Morgan fingerprint density at radius 2 is 2.10 bits per heavy atom. The van der Waals surface area contributed by atoms with Crippen LogP contribution < -0.4 is 0 Å². The third-order valence-corrected chi connectivity index (χ3v) is 0.807. The van der Waals surface area contributed by atoms with Crippen LogP contribution in [0, 0.1) is 0 Å². The lowest BCUT2D eigenvalue weighted by Gasteiger charge is -2.07. The number of carbonyl (C=O) groups excluding carboxylic acids is 1. The molecule has 5 heteroatoms. The van der Waals surface area contributed by atoms with Gasteiger partial charge in [-0.3, -0.25) is 0 Å². The van der Waals surface area contributed by atoms with E-state index in [9.17, 15) is 9.18 Å². The molecule has 10 heavy (non-hydrogen) atoms. The lowest BCUT2D eigenvalue weighted by atomic mass is 10.6. The highest BCUT2D eigenvalue weighted by atomic mass is 35.5. The lowest BCUT2D eigenvalue weighted by Crippen LogP contribution is -2.22. The van der Waals surface area contributed by atoms with E-state index < -0.39 is 10.6 Å². The molecule has 2 nitrogen and oxygen atoms in total. The summed E-state index contributed by atoms with van der Waals surface area (Å²) in [4.78, 5) is 10.4. The van der Waals surface area contributed by atoms with Crippen molar-refractivity contribution < 1.29 is 13.9 Å². The maximum atomic E-state index is 12.2. The van der Waals surface area contributed by atoms with E-state index in [4.69, 9.17) is 23.2 Å². The first-order chi connectivity index (χ1) is 4.34. The van der Waals surface area contributed by atoms with E-state index in [1.165, 1.54) is 6.92 Å². The van der Waals surface area contributed by atoms with E-state index in [0.29, 0.717) is 0 Å². The Bertz CT molecular complexity index is 162. The molecule has 0 saturated carbocycles. The Morgan fingerprint density at radius 1 is 1.70 bits per heavy atom. The number of allylic oxidation sites excluding steroid dienone is 1. The zero-order valence-electron chi connectivity index (χ0n) is 5.16. The fourth-order valence-electron chi connectivity index (χ4n) is 0.216. The van der Waals surface area contributed by atoms with Crippen LogP contribution in [0.4, 0.5) is 4.39 Å². The van der Waals surface area contributed by atoms with Crippen LogP contribution in [0.5, 0.6) is 0 Å². The number of rotatable bonds is 2. The van der Waals surface area contributed by atoms with E-state index in [1.807, 2.05) is 0 Å². The highest BCUT2D eigenvalue weighted by Crippen LogP contribution is 2.24. The van der Waals surface area contributed by atoms with Gasteiger partial charge in [-0.1, -0.05) is 29.8 Å². The largest absolute Gasteiger partial charge is 0.428 e. The van der Waals surface area contributed by atoms with Crippen LogP contribution in [0.3, 0.4) is 0 Å². The summed E-state index contributed by atoms with van der Waals surface area (Å²) in [6, 6.07) is 0. The van der Waals surface area contributed by atoms with Crippen molar-refractivity contribution in [2.24, 2.45) is 0 Å². The normalized spacial score (nSPS) is 10.8. The van der Waals surface area contributed by atoms with Crippen LogP contribution in [0.2, 0.25) is 0 Å². The summed E-state index contributed by atoms with van der Waals surface area (Å²) in [6.45, 7) is 4.55. The van der Waals surface area contributed by atoms with Crippen molar-refractivity contribution in [3.05, 3.63) is 12.3 Å². The number of alkyl halides is 3. The van der Waals surface area contributed by atoms with Crippen molar-refractivity contribution in [3.63, 3.8) is 0 Å². The highest BCUT2D eigenvalue weighted by Gasteiger charge is 2.35. The Balaban J connectivity index is 3.99. The zero-order valence-corrected chi connectivity index (χ0v) is 6.67. The summed E-state index contributed by atoms with van der Waals surface area (Å²) in [5.74, 6) is -1.34. The monoisotopic (exact) mass is 186 g/mol. The quantitative estimate of drug-likeness (QED) is 0.376. The summed E-state index contributed by atoms with van der Waals surface area (Å²) in [7, 11) is 0. The maximum Gasteiger partial charge on any atom is 0.381 e. The molecule has 0 spiro atoms. The topological polar surface area (TPSA) is 26.3 Å². The van der Waals surface area contributed by atoms with Gasteiger partial charge in [-0.15, -0.1) is 0 Å². The predicted molar refractivity (Wildman–Crippen MR) is 36.5 cm³/mol. The zero-order chi connectivity index (χ0) is 8.36. The minimum atomic E-state index is -2.99. The van der Waals surface area contributed by atoms with E-state index in [2.05, 4.69) is 11.3 Å². The van der Waals surface area contributed by atoms with Gasteiger partial charge in [0.1, 0.15) is 0 Å². The van der Waals surface area contributed by atoms with E-state index in [-0.39, 0.29) is 5.76 Å². The summed E-state index contributed by atoms with van der Waals surface area (Å²) < 4.78 is 13.3. The Hall–Kier alpha value is -0.280. The van der Waals surface area contributed by atoms with Gasteiger partial charge in [0.25, 0.3) is 0 Å². The van der Waals surface area contributed by atoms with Crippen molar-refractivity contribution in [2.75, 3.05) is 0 Å². The average molecular weight is 187 g/mol. The van der Waals surface area contributed by atoms with Gasteiger partial charge in [0.05, 0.1) is 5.76 Å². The van der Waals surface area contributed by atoms with Crippen molar-refractivity contribution >= 4 is 29.2 Å².